The Hall–Kier alpha value is -1.39. The number of nitrogens with two attached hydrogens (primary N) is 1. The Labute approximate surface area is 107 Å². The van der Waals surface area contributed by atoms with Crippen LogP contribution in [0.25, 0.3) is 11.0 Å². The predicted octanol–water partition coefficient (Wildman–Crippen LogP) is 1.43. The molecule has 3 rings (SSSR count). The average Bonchev–Trinajstić information content (AvgIpc) is 2.79. The second kappa shape index (κ2) is 5.08. The maximum absolute atomic E-state index is 5.77. The highest BCUT2D eigenvalue weighted by molar-refractivity contribution is 5.75. The van der Waals surface area contributed by atoms with Gasteiger partial charge in [-0.3, -0.25) is 0 Å². The highest BCUT2D eigenvalue weighted by Gasteiger charge is 2.24. The molecule has 1 aromatic heterocycles. The Bertz CT molecular complexity index is 513. The molecular weight excluding hydrogens is 224 g/mol. The van der Waals surface area contributed by atoms with Gasteiger partial charge in [0, 0.05) is 6.04 Å². The van der Waals surface area contributed by atoms with Crippen molar-refractivity contribution < 1.29 is 0 Å². The highest BCUT2D eigenvalue weighted by atomic mass is 14.9. The molecule has 1 aliphatic rings. The number of benzene rings is 1. The van der Waals surface area contributed by atoms with Gasteiger partial charge in [-0.05, 0) is 56.0 Å². The van der Waals surface area contributed by atoms with Gasteiger partial charge in [-0.25, -0.2) is 4.98 Å². The van der Waals surface area contributed by atoms with Gasteiger partial charge in [0.2, 0.25) is 0 Å². The van der Waals surface area contributed by atoms with Crippen molar-refractivity contribution in [3.05, 3.63) is 30.1 Å². The Balaban J connectivity index is 1.44. The minimum Gasteiger partial charge on any atom is -0.345 e. The maximum Gasteiger partial charge on any atom is 0.0931 e. The van der Waals surface area contributed by atoms with E-state index in [9.17, 15) is 0 Å². The van der Waals surface area contributed by atoms with Gasteiger partial charge in [-0.15, -0.1) is 0 Å². The molecule has 4 heteroatoms. The Morgan fingerprint density at radius 1 is 1.39 bits per heavy atom. The molecule has 0 atom stereocenters. The van der Waals surface area contributed by atoms with Crippen LogP contribution in [0.1, 0.15) is 18.4 Å². The number of aromatic amines is 1. The summed E-state index contributed by atoms with van der Waals surface area (Å²) in [6, 6.07) is 6.87. The molecule has 0 saturated heterocycles. The standard InChI is InChI=1S/C14H20N4/c15-12-5-11(6-12)8-16-4-3-10-1-2-13-14(7-10)18-9-17-13/h1-2,7,9,11-12,16H,3-6,8,15H2,(H,17,18). The molecule has 4 nitrogen and oxygen atoms in total. The monoisotopic (exact) mass is 244 g/mol. The molecule has 1 fully saturated rings. The summed E-state index contributed by atoms with van der Waals surface area (Å²) in [6.07, 6.45) is 5.18. The van der Waals surface area contributed by atoms with E-state index in [2.05, 4.69) is 33.5 Å². The van der Waals surface area contributed by atoms with Crippen molar-refractivity contribution in [3.8, 4) is 0 Å². The Kier molecular flexibility index (Phi) is 3.30. The van der Waals surface area contributed by atoms with Gasteiger partial charge in [-0.2, -0.15) is 0 Å². The second-order valence-corrected chi connectivity index (χ2v) is 5.31. The third-order valence-electron chi connectivity index (χ3n) is 3.78. The van der Waals surface area contributed by atoms with E-state index >= 15 is 0 Å². The molecule has 1 saturated carbocycles. The molecule has 0 unspecified atom stereocenters. The predicted molar refractivity (Wildman–Crippen MR) is 73.4 cm³/mol. The van der Waals surface area contributed by atoms with Gasteiger partial charge < -0.3 is 16.0 Å². The van der Waals surface area contributed by atoms with Crippen LogP contribution in [0.4, 0.5) is 0 Å². The normalized spacial score (nSPS) is 23.2. The maximum atomic E-state index is 5.77. The van der Waals surface area contributed by atoms with Crippen molar-refractivity contribution in [2.24, 2.45) is 11.7 Å². The first kappa shape index (κ1) is 11.7. The van der Waals surface area contributed by atoms with Gasteiger partial charge in [0.15, 0.2) is 0 Å². The van der Waals surface area contributed by atoms with Crippen LogP contribution in [0.3, 0.4) is 0 Å². The third kappa shape index (κ3) is 2.54. The molecule has 96 valence electrons. The first-order chi connectivity index (χ1) is 8.81. The van der Waals surface area contributed by atoms with E-state index in [1.54, 1.807) is 6.33 Å². The molecule has 1 aromatic carbocycles. The van der Waals surface area contributed by atoms with Crippen LogP contribution < -0.4 is 11.1 Å². The van der Waals surface area contributed by atoms with Crippen molar-refractivity contribution in [1.29, 1.82) is 0 Å². The van der Waals surface area contributed by atoms with Crippen molar-refractivity contribution in [2.45, 2.75) is 25.3 Å². The third-order valence-corrected chi connectivity index (χ3v) is 3.78. The lowest BCUT2D eigenvalue weighted by Crippen LogP contribution is -2.41. The number of imidazole rings is 1. The van der Waals surface area contributed by atoms with E-state index in [1.165, 1.54) is 18.4 Å². The molecular formula is C14H20N4. The lowest BCUT2D eigenvalue weighted by atomic mass is 9.81. The number of hydrogen-bond acceptors (Lipinski definition) is 3. The summed E-state index contributed by atoms with van der Waals surface area (Å²) in [5.74, 6) is 0.801. The fourth-order valence-electron chi connectivity index (χ4n) is 2.63. The van der Waals surface area contributed by atoms with E-state index in [1.807, 2.05) is 0 Å². The van der Waals surface area contributed by atoms with Crippen LogP contribution in [0.2, 0.25) is 0 Å². The molecule has 0 spiro atoms. The Morgan fingerprint density at radius 2 is 2.28 bits per heavy atom. The van der Waals surface area contributed by atoms with Crippen LogP contribution in [0.5, 0.6) is 0 Å². The van der Waals surface area contributed by atoms with E-state index < -0.39 is 0 Å². The fourth-order valence-corrected chi connectivity index (χ4v) is 2.63. The number of aromatic nitrogens is 2. The summed E-state index contributed by atoms with van der Waals surface area (Å²) < 4.78 is 0. The SMILES string of the molecule is NC1CC(CNCCc2ccc3nc[nH]c3c2)C1. The molecule has 1 aliphatic carbocycles. The average molecular weight is 244 g/mol. The van der Waals surface area contributed by atoms with Gasteiger partial charge >= 0.3 is 0 Å². The molecule has 0 amide bonds. The first-order valence-corrected chi connectivity index (χ1v) is 6.69. The summed E-state index contributed by atoms with van der Waals surface area (Å²) >= 11 is 0. The Morgan fingerprint density at radius 3 is 3.11 bits per heavy atom. The minimum absolute atomic E-state index is 0.458. The van der Waals surface area contributed by atoms with E-state index in [0.717, 1.165) is 36.5 Å². The summed E-state index contributed by atoms with van der Waals surface area (Å²) in [5.41, 5.74) is 9.28. The van der Waals surface area contributed by atoms with E-state index in [-0.39, 0.29) is 0 Å². The number of H-pyrrole nitrogens is 1. The number of rotatable bonds is 5. The van der Waals surface area contributed by atoms with Crippen molar-refractivity contribution >= 4 is 11.0 Å². The minimum atomic E-state index is 0.458. The number of hydrogen-bond donors (Lipinski definition) is 3. The van der Waals surface area contributed by atoms with Gasteiger partial charge in [0.05, 0.1) is 17.4 Å². The van der Waals surface area contributed by atoms with Crippen molar-refractivity contribution in [2.75, 3.05) is 13.1 Å². The fraction of sp³-hybridized carbons (Fsp3) is 0.500. The summed E-state index contributed by atoms with van der Waals surface area (Å²) in [6.45, 7) is 2.14. The zero-order chi connectivity index (χ0) is 12.4. The van der Waals surface area contributed by atoms with Gasteiger partial charge in [0.25, 0.3) is 0 Å². The molecule has 4 N–H and O–H groups in total. The molecule has 0 aliphatic heterocycles. The van der Waals surface area contributed by atoms with Crippen LogP contribution in [0.15, 0.2) is 24.5 Å². The van der Waals surface area contributed by atoms with Crippen LogP contribution in [-0.2, 0) is 6.42 Å². The summed E-state index contributed by atoms with van der Waals surface area (Å²) in [5, 5.41) is 3.52. The van der Waals surface area contributed by atoms with Gasteiger partial charge in [0.1, 0.15) is 0 Å². The quantitative estimate of drug-likeness (QED) is 0.697. The number of nitrogens with zero attached hydrogens (tertiary/aromatic N) is 1. The topological polar surface area (TPSA) is 66.7 Å². The largest absolute Gasteiger partial charge is 0.345 e. The molecule has 18 heavy (non-hydrogen) atoms. The molecule has 1 heterocycles. The van der Waals surface area contributed by atoms with Crippen LogP contribution in [0, 0.1) is 5.92 Å². The van der Waals surface area contributed by atoms with Crippen LogP contribution >= 0.6 is 0 Å². The smallest absolute Gasteiger partial charge is 0.0931 e. The molecule has 2 aromatic rings. The lowest BCUT2D eigenvalue weighted by molar-refractivity contribution is 0.257. The van der Waals surface area contributed by atoms with Gasteiger partial charge in [-0.1, -0.05) is 6.07 Å². The highest BCUT2D eigenvalue weighted by Crippen LogP contribution is 2.24. The zero-order valence-corrected chi connectivity index (χ0v) is 10.5. The first-order valence-electron chi connectivity index (χ1n) is 6.69. The van der Waals surface area contributed by atoms with Crippen LogP contribution in [-0.4, -0.2) is 29.1 Å². The summed E-state index contributed by atoms with van der Waals surface area (Å²) in [7, 11) is 0. The number of fused-ring (bicyclic) bond motifs is 1. The van der Waals surface area contributed by atoms with E-state index in [0.29, 0.717) is 6.04 Å². The second-order valence-electron chi connectivity index (χ2n) is 5.31. The number of nitrogens with one attached hydrogen (secondary N) is 2. The summed E-state index contributed by atoms with van der Waals surface area (Å²) in [4.78, 5) is 7.37. The zero-order valence-electron chi connectivity index (χ0n) is 10.5. The lowest BCUT2D eigenvalue weighted by Gasteiger charge is -2.32. The van der Waals surface area contributed by atoms with Crippen molar-refractivity contribution in [1.82, 2.24) is 15.3 Å². The molecule has 0 radical (unpaired) electrons. The van der Waals surface area contributed by atoms with Crippen molar-refractivity contribution in [3.63, 3.8) is 0 Å². The molecule has 0 bridgehead atoms. The van der Waals surface area contributed by atoms with E-state index in [4.69, 9.17) is 5.73 Å².